The van der Waals surface area contributed by atoms with Gasteiger partial charge in [0.05, 0.1) is 31.5 Å². The fraction of sp³-hybridized carbons (Fsp3) is 0.324. The lowest BCUT2D eigenvalue weighted by Gasteiger charge is -2.36. The molecular formula is C34H36ClN3O5. The average Bonchev–Trinajstić information content (AvgIpc) is 3.02. The second kappa shape index (κ2) is 13.3. The Hall–Kier alpha value is -4.30. The number of carbonyl (C=O) groups is 3. The number of ether oxygens (including phenoxy) is 2. The number of piperazine rings is 1. The van der Waals surface area contributed by atoms with Crippen LogP contribution in [0.15, 0.2) is 84.1 Å². The molecule has 43 heavy (non-hydrogen) atoms. The van der Waals surface area contributed by atoms with E-state index in [0.717, 1.165) is 22.6 Å². The van der Waals surface area contributed by atoms with Crippen LogP contribution in [0.4, 0.5) is 5.69 Å². The van der Waals surface area contributed by atoms with Crippen molar-refractivity contribution in [2.45, 2.75) is 32.7 Å². The molecule has 2 amide bonds. The third kappa shape index (κ3) is 6.54. The first-order valence-electron chi connectivity index (χ1n) is 14.5. The lowest BCUT2D eigenvalue weighted by molar-refractivity contribution is -0.140. The van der Waals surface area contributed by atoms with E-state index in [4.69, 9.17) is 21.1 Å². The molecule has 0 saturated carbocycles. The van der Waals surface area contributed by atoms with E-state index < -0.39 is 11.9 Å². The van der Waals surface area contributed by atoms with Gasteiger partial charge >= 0.3 is 5.97 Å². The Morgan fingerprint density at radius 1 is 0.953 bits per heavy atom. The Balaban J connectivity index is 1.33. The maximum atomic E-state index is 13.5. The van der Waals surface area contributed by atoms with Crippen LogP contribution in [-0.2, 0) is 20.9 Å². The largest absolute Gasteiger partial charge is 0.495 e. The molecule has 1 saturated heterocycles. The lowest BCUT2D eigenvalue weighted by Crippen LogP contribution is -2.48. The Labute approximate surface area is 257 Å². The minimum Gasteiger partial charge on any atom is -0.495 e. The third-order valence-corrected chi connectivity index (χ3v) is 8.31. The summed E-state index contributed by atoms with van der Waals surface area (Å²) < 4.78 is 10.9. The van der Waals surface area contributed by atoms with Crippen LogP contribution >= 0.6 is 11.6 Å². The smallest absolute Gasteiger partial charge is 0.336 e. The number of halogens is 1. The quantitative estimate of drug-likeness (QED) is 0.310. The molecule has 0 spiro atoms. The zero-order valence-corrected chi connectivity index (χ0v) is 25.5. The molecule has 8 nitrogen and oxygen atoms in total. The van der Waals surface area contributed by atoms with Crippen LogP contribution in [0, 0.1) is 0 Å². The first kappa shape index (κ1) is 30.2. The minimum atomic E-state index is -0.455. The molecule has 1 fully saturated rings. The van der Waals surface area contributed by atoms with Crippen molar-refractivity contribution in [2.24, 2.45) is 0 Å². The molecule has 5 rings (SSSR count). The van der Waals surface area contributed by atoms with Gasteiger partial charge in [-0.2, -0.15) is 0 Å². The second-order valence-corrected chi connectivity index (χ2v) is 11.1. The van der Waals surface area contributed by atoms with E-state index >= 15 is 0 Å². The standard InChI is InChI=1S/C34H36ClN3O5/c1-4-43-34(41)32-23(2)38(31(39)21-28(32)25-10-8-12-27(35)20-25)22-24-9-7-11-26(19-24)33(40)37-17-15-36(16-18-37)29-13-5-6-14-30(29)42-3/h5-14,19-20,28H,4,15-18,21-22H2,1-3H3. The summed E-state index contributed by atoms with van der Waals surface area (Å²) in [5.41, 5.74) is 4.18. The number of hydrogen-bond donors (Lipinski definition) is 0. The Bertz CT molecular complexity index is 1550. The maximum Gasteiger partial charge on any atom is 0.336 e. The summed E-state index contributed by atoms with van der Waals surface area (Å²) in [6.45, 7) is 6.56. The van der Waals surface area contributed by atoms with Crippen molar-refractivity contribution in [1.82, 2.24) is 9.80 Å². The second-order valence-electron chi connectivity index (χ2n) is 10.7. The van der Waals surface area contributed by atoms with Gasteiger partial charge in [-0.15, -0.1) is 0 Å². The fourth-order valence-corrected chi connectivity index (χ4v) is 6.09. The van der Waals surface area contributed by atoms with Gasteiger partial charge in [0.15, 0.2) is 0 Å². The monoisotopic (exact) mass is 601 g/mol. The van der Waals surface area contributed by atoms with Gasteiger partial charge in [-0.05, 0) is 61.4 Å². The molecule has 224 valence electrons. The number of nitrogens with zero attached hydrogens (tertiary/aromatic N) is 3. The summed E-state index contributed by atoms with van der Waals surface area (Å²) in [4.78, 5) is 45.8. The molecule has 2 aliphatic rings. The van der Waals surface area contributed by atoms with Gasteiger partial charge in [-0.25, -0.2) is 4.79 Å². The van der Waals surface area contributed by atoms with E-state index in [1.165, 1.54) is 0 Å². The third-order valence-electron chi connectivity index (χ3n) is 8.08. The van der Waals surface area contributed by atoms with Gasteiger partial charge in [-0.1, -0.05) is 48.0 Å². The van der Waals surface area contributed by atoms with E-state index in [1.807, 2.05) is 59.5 Å². The van der Waals surface area contributed by atoms with Crippen LogP contribution in [0.25, 0.3) is 0 Å². The van der Waals surface area contributed by atoms with Crippen molar-refractivity contribution in [3.63, 3.8) is 0 Å². The van der Waals surface area contributed by atoms with Gasteiger partial charge in [-0.3, -0.25) is 9.59 Å². The molecule has 0 N–H and O–H groups in total. The predicted molar refractivity (Wildman–Crippen MR) is 166 cm³/mol. The zero-order chi connectivity index (χ0) is 30.5. The van der Waals surface area contributed by atoms with E-state index in [0.29, 0.717) is 48.0 Å². The molecule has 9 heteroatoms. The van der Waals surface area contributed by atoms with Crippen molar-refractivity contribution in [1.29, 1.82) is 0 Å². The molecular weight excluding hydrogens is 566 g/mol. The SMILES string of the molecule is CCOC(=O)C1=C(C)N(Cc2cccc(C(=O)N3CCN(c4ccccc4OC)CC3)c2)C(=O)CC1c1cccc(Cl)c1. The molecule has 0 radical (unpaired) electrons. The number of rotatable bonds is 8. The van der Waals surface area contributed by atoms with Gasteiger partial charge in [0, 0.05) is 54.8 Å². The average molecular weight is 602 g/mol. The first-order valence-corrected chi connectivity index (χ1v) is 14.9. The molecule has 3 aromatic rings. The van der Waals surface area contributed by atoms with Gasteiger partial charge in [0.1, 0.15) is 5.75 Å². The molecule has 2 aliphatic heterocycles. The Kier molecular flexibility index (Phi) is 9.36. The Morgan fingerprint density at radius 3 is 2.42 bits per heavy atom. The van der Waals surface area contributed by atoms with Crippen molar-refractivity contribution in [3.8, 4) is 5.75 Å². The van der Waals surface area contributed by atoms with Gasteiger partial charge in [0.2, 0.25) is 5.91 Å². The van der Waals surface area contributed by atoms with E-state index in [1.54, 1.807) is 44.1 Å². The molecule has 0 bridgehead atoms. The summed E-state index contributed by atoms with van der Waals surface area (Å²) in [6.07, 6.45) is 0.112. The van der Waals surface area contributed by atoms with Gasteiger partial charge in [0.25, 0.3) is 5.91 Å². The highest BCUT2D eigenvalue weighted by molar-refractivity contribution is 6.30. The topological polar surface area (TPSA) is 79.4 Å². The maximum absolute atomic E-state index is 13.5. The molecule has 0 aliphatic carbocycles. The van der Waals surface area contributed by atoms with Crippen molar-refractivity contribution < 1.29 is 23.9 Å². The number of allylic oxidation sites excluding steroid dienone is 1. The number of carbonyl (C=O) groups excluding carboxylic acids is 3. The number of hydrogen-bond acceptors (Lipinski definition) is 6. The molecule has 1 atom stereocenters. The normalized spacial score (nSPS) is 17.3. The van der Waals surface area contributed by atoms with Crippen LogP contribution in [0.2, 0.25) is 5.02 Å². The van der Waals surface area contributed by atoms with Crippen LogP contribution in [0.3, 0.4) is 0 Å². The number of para-hydroxylation sites is 2. The highest BCUT2D eigenvalue weighted by Crippen LogP contribution is 2.38. The van der Waals surface area contributed by atoms with Crippen LogP contribution in [0.1, 0.15) is 47.7 Å². The summed E-state index contributed by atoms with van der Waals surface area (Å²) in [5, 5.41) is 0.538. The van der Waals surface area contributed by atoms with Crippen LogP contribution in [-0.4, -0.2) is 67.5 Å². The highest BCUT2D eigenvalue weighted by Gasteiger charge is 2.37. The van der Waals surface area contributed by atoms with Crippen LogP contribution < -0.4 is 9.64 Å². The van der Waals surface area contributed by atoms with Crippen molar-refractivity contribution in [3.05, 3.63) is 106 Å². The summed E-state index contributed by atoms with van der Waals surface area (Å²) in [5.74, 6) is -0.245. The summed E-state index contributed by atoms with van der Waals surface area (Å²) in [6, 6.07) is 22.5. The fourth-order valence-electron chi connectivity index (χ4n) is 5.89. The van der Waals surface area contributed by atoms with Crippen molar-refractivity contribution >= 4 is 35.1 Å². The van der Waals surface area contributed by atoms with E-state index in [-0.39, 0.29) is 31.4 Å². The lowest BCUT2D eigenvalue weighted by atomic mass is 9.83. The number of benzene rings is 3. The number of esters is 1. The molecule has 0 aromatic heterocycles. The van der Waals surface area contributed by atoms with Crippen LogP contribution in [0.5, 0.6) is 5.75 Å². The molecule has 2 heterocycles. The summed E-state index contributed by atoms with van der Waals surface area (Å²) in [7, 11) is 1.66. The predicted octanol–water partition coefficient (Wildman–Crippen LogP) is 5.66. The zero-order valence-electron chi connectivity index (χ0n) is 24.7. The van der Waals surface area contributed by atoms with Gasteiger partial charge < -0.3 is 24.2 Å². The summed E-state index contributed by atoms with van der Waals surface area (Å²) >= 11 is 6.24. The Morgan fingerprint density at radius 2 is 1.70 bits per heavy atom. The molecule has 3 aromatic carbocycles. The first-order chi connectivity index (χ1) is 20.8. The minimum absolute atomic E-state index is 0.0491. The number of anilines is 1. The highest BCUT2D eigenvalue weighted by atomic mass is 35.5. The molecule has 1 unspecified atom stereocenters. The van der Waals surface area contributed by atoms with E-state index in [2.05, 4.69) is 4.90 Å². The van der Waals surface area contributed by atoms with E-state index in [9.17, 15) is 14.4 Å². The van der Waals surface area contributed by atoms with Crippen molar-refractivity contribution in [2.75, 3.05) is 44.8 Å². The number of amides is 2. The number of methoxy groups -OCH3 is 1.